The number of aliphatic hydroxyl groups is 1. The summed E-state index contributed by atoms with van der Waals surface area (Å²) in [5, 5.41) is 10.4. The molecule has 0 bridgehead atoms. The van der Waals surface area contributed by atoms with E-state index in [1.54, 1.807) is 18.2 Å². The first-order chi connectivity index (χ1) is 8.29. The van der Waals surface area contributed by atoms with Crippen LogP contribution in [0.15, 0.2) is 22.7 Å². The van der Waals surface area contributed by atoms with Crippen LogP contribution in [0.4, 0.5) is 4.39 Å². The number of benzene rings is 1. The Morgan fingerprint density at radius 2 is 2.00 bits per heavy atom. The van der Waals surface area contributed by atoms with Gasteiger partial charge >= 0.3 is 0 Å². The fraction of sp³-hybridized carbons (Fsp3) is 0.571. The predicted octanol–water partition coefficient (Wildman–Crippen LogP) is 4.07. The molecule has 2 unspecified atom stereocenters. The molecule has 0 aliphatic heterocycles. The molecule has 0 heterocycles. The molecular formula is C14H20BrFO2. The highest BCUT2D eigenvalue weighted by atomic mass is 79.9. The van der Waals surface area contributed by atoms with Crippen molar-refractivity contribution in [1.82, 2.24) is 0 Å². The lowest BCUT2D eigenvalue weighted by Crippen LogP contribution is -2.35. The van der Waals surface area contributed by atoms with Gasteiger partial charge in [-0.1, -0.05) is 32.9 Å². The Balaban J connectivity index is 3.10. The minimum atomic E-state index is -0.984. The van der Waals surface area contributed by atoms with Crippen LogP contribution in [0, 0.1) is 11.2 Å². The van der Waals surface area contributed by atoms with Gasteiger partial charge in [0, 0.05) is 12.2 Å². The van der Waals surface area contributed by atoms with Crippen molar-refractivity contribution in [1.29, 1.82) is 0 Å². The van der Waals surface area contributed by atoms with Gasteiger partial charge in [-0.15, -0.1) is 0 Å². The van der Waals surface area contributed by atoms with E-state index in [1.807, 2.05) is 27.7 Å². The molecular weight excluding hydrogens is 299 g/mol. The second-order valence-electron chi connectivity index (χ2n) is 5.33. The van der Waals surface area contributed by atoms with Crippen LogP contribution in [0.25, 0.3) is 0 Å². The van der Waals surface area contributed by atoms with E-state index >= 15 is 0 Å². The summed E-state index contributed by atoms with van der Waals surface area (Å²) in [4.78, 5) is 0. The molecule has 4 heteroatoms. The molecule has 0 saturated heterocycles. The molecule has 0 amide bonds. The normalized spacial score (nSPS) is 15.5. The van der Waals surface area contributed by atoms with Crippen LogP contribution >= 0.6 is 15.9 Å². The first-order valence-corrected chi connectivity index (χ1v) is 6.82. The molecule has 0 spiro atoms. The molecule has 0 aromatic heterocycles. The summed E-state index contributed by atoms with van der Waals surface area (Å²) in [5.41, 5.74) is -0.0118. The van der Waals surface area contributed by atoms with Gasteiger partial charge in [0.2, 0.25) is 0 Å². The summed E-state index contributed by atoms with van der Waals surface area (Å²) in [7, 11) is 0. The molecule has 0 saturated carbocycles. The van der Waals surface area contributed by atoms with Gasteiger partial charge in [-0.05, 0) is 34.3 Å². The van der Waals surface area contributed by atoms with E-state index in [0.29, 0.717) is 11.1 Å². The average molecular weight is 319 g/mol. The molecule has 0 aliphatic rings. The zero-order valence-corrected chi connectivity index (χ0v) is 12.8. The van der Waals surface area contributed by atoms with Crippen molar-refractivity contribution in [2.45, 2.75) is 39.9 Å². The molecule has 102 valence electrons. The lowest BCUT2D eigenvalue weighted by molar-refractivity contribution is -0.0909. The Hall–Kier alpha value is -0.450. The van der Waals surface area contributed by atoms with Crippen LogP contribution in [-0.2, 0) is 4.74 Å². The molecule has 2 nitrogen and oxygen atoms in total. The molecule has 0 fully saturated rings. The SMILES string of the molecule is CCOC(C(O)c1cccc(Br)c1F)C(C)(C)C. The number of halogens is 2. The predicted molar refractivity (Wildman–Crippen MR) is 73.9 cm³/mol. The summed E-state index contributed by atoms with van der Waals surface area (Å²) >= 11 is 3.13. The smallest absolute Gasteiger partial charge is 0.143 e. The van der Waals surface area contributed by atoms with E-state index in [-0.39, 0.29) is 11.0 Å². The molecule has 1 rings (SSSR count). The Morgan fingerprint density at radius 1 is 1.39 bits per heavy atom. The average Bonchev–Trinajstić information content (AvgIpc) is 2.27. The molecule has 0 radical (unpaired) electrons. The summed E-state index contributed by atoms with van der Waals surface area (Å²) in [5.74, 6) is -0.432. The molecule has 2 atom stereocenters. The Bertz CT molecular complexity index is 401. The minimum absolute atomic E-state index is 0.262. The summed E-state index contributed by atoms with van der Waals surface area (Å²) in [6.45, 7) is 8.24. The van der Waals surface area contributed by atoms with Crippen LogP contribution in [0.3, 0.4) is 0 Å². The Morgan fingerprint density at radius 3 is 2.50 bits per heavy atom. The summed E-state index contributed by atoms with van der Waals surface area (Å²) in [6.07, 6.45) is -1.44. The van der Waals surface area contributed by atoms with Crippen molar-refractivity contribution in [3.63, 3.8) is 0 Å². The van der Waals surface area contributed by atoms with E-state index in [0.717, 1.165) is 0 Å². The van der Waals surface area contributed by atoms with Gasteiger partial charge in [0.25, 0.3) is 0 Å². The van der Waals surface area contributed by atoms with Crippen LogP contribution in [-0.4, -0.2) is 17.8 Å². The molecule has 0 aliphatic carbocycles. The minimum Gasteiger partial charge on any atom is -0.386 e. The van der Waals surface area contributed by atoms with Crippen molar-refractivity contribution in [2.75, 3.05) is 6.61 Å². The summed E-state index contributed by atoms with van der Waals surface area (Å²) < 4.78 is 19.9. The van der Waals surface area contributed by atoms with E-state index < -0.39 is 18.0 Å². The number of hydrogen-bond acceptors (Lipinski definition) is 2. The van der Waals surface area contributed by atoms with Gasteiger partial charge in [-0.3, -0.25) is 0 Å². The summed E-state index contributed by atoms with van der Waals surface area (Å²) in [6, 6.07) is 4.90. The van der Waals surface area contributed by atoms with Crippen LogP contribution in [0.5, 0.6) is 0 Å². The van der Waals surface area contributed by atoms with E-state index in [9.17, 15) is 9.50 Å². The third kappa shape index (κ3) is 3.53. The largest absolute Gasteiger partial charge is 0.386 e. The fourth-order valence-corrected chi connectivity index (χ4v) is 2.29. The van der Waals surface area contributed by atoms with Crippen molar-refractivity contribution < 1.29 is 14.2 Å². The second kappa shape index (κ2) is 6.13. The van der Waals surface area contributed by atoms with E-state index in [1.165, 1.54) is 0 Å². The highest BCUT2D eigenvalue weighted by Crippen LogP contribution is 2.35. The number of hydrogen-bond donors (Lipinski definition) is 1. The molecule has 18 heavy (non-hydrogen) atoms. The van der Waals surface area contributed by atoms with Gasteiger partial charge in [0.15, 0.2) is 0 Å². The van der Waals surface area contributed by atoms with Crippen molar-refractivity contribution in [2.24, 2.45) is 5.41 Å². The Labute approximate surface area is 116 Å². The van der Waals surface area contributed by atoms with Crippen molar-refractivity contribution in [3.8, 4) is 0 Å². The Kier molecular flexibility index (Phi) is 5.32. The van der Waals surface area contributed by atoms with E-state index in [4.69, 9.17) is 4.74 Å². The van der Waals surface area contributed by atoms with E-state index in [2.05, 4.69) is 15.9 Å². The standard InChI is InChI=1S/C14H20BrFO2/c1-5-18-13(14(2,3)4)12(17)9-7-6-8-10(15)11(9)16/h6-8,12-13,17H,5H2,1-4H3. The van der Waals surface area contributed by atoms with Crippen LogP contribution in [0.1, 0.15) is 39.4 Å². The maximum Gasteiger partial charge on any atom is 0.143 e. The lowest BCUT2D eigenvalue weighted by atomic mass is 9.83. The highest BCUT2D eigenvalue weighted by molar-refractivity contribution is 9.10. The molecule has 1 aromatic carbocycles. The van der Waals surface area contributed by atoms with Crippen LogP contribution in [0.2, 0.25) is 0 Å². The van der Waals surface area contributed by atoms with Crippen molar-refractivity contribution in [3.05, 3.63) is 34.1 Å². The highest BCUT2D eigenvalue weighted by Gasteiger charge is 2.34. The third-order valence-corrected chi connectivity index (χ3v) is 3.40. The van der Waals surface area contributed by atoms with Gasteiger partial charge < -0.3 is 9.84 Å². The van der Waals surface area contributed by atoms with Gasteiger partial charge in [-0.25, -0.2) is 4.39 Å². The number of ether oxygens (including phenoxy) is 1. The second-order valence-corrected chi connectivity index (χ2v) is 6.18. The third-order valence-electron chi connectivity index (χ3n) is 2.79. The first-order valence-electron chi connectivity index (χ1n) is 6.02. The van der Waals surface area contributed by atoms with Crippen LogP contribution < -0.4 is 0 Å². The quantitative estimate of drug-likeness (QED) is 0.906. The zero-order valence-electron chi connectivity index (χ0n) is 11.2. The maximum absolute atomic E-state index is 14.0. The fourth-order valence-electron chi connectivity index (χ4n) is 1.91. The zero-order chi connectivity index (χ0) is 13.9. The van der Waals surface area contributed by atoms with Gasteiger partial charge in [0.1, 0.15) is 11.9 Å². The molecule has 1 N–H and O–H groups in total. The lowest BCUT2D eigenvalue weighted by Gasteiger charge is -2.34. The van der Waals surface area contributed by atoms with Gasteiger partial charge in [-0.2, -0.15) is 0 Å². The number of rotatable bonds is 4. The van der Waals surface area contributed by atoms with Gasteiger partial charge in [0.05, 0.1) is 10.6 Å². The first kappa shape index (κ1) is 15.6. The monoisotopic (exact) mass is 318 g/mol. The number of aliphatic hydroxyl groups excluding tert-OH is 1. The molecule has 1 aromatic rings. The topological polar surface area (TPSA) is 29.5 Å². The van der Waals surface area contributed by atoms with Crippen molar-refractivity contribution >= 4 is 15.9 Å². The maximum atomic E-state index is 14.0.